The molecular weight excluding hydrogens is 424 g/mol. The van der Waals surface area contributed by atoms with Gasteiger partial charge in [0.25, 0.3) is 5.91 Å². The maximum absolute atomic E-state index is 12.8. The molecule has 0 aliphatic heterocycles. The lowest BCUT2D eigenvalue weighted by atomic mass is 10.2. The van der Waals surface area contributed by atoms with Crippen LogP contribution in [0.25, 0.3) is 10.2 Å². The van der Waals surface area contributed by atoms with Crippen molar-refractivity contribution in [3.05, 3.63) is 58.4 Å². The van der Waals surface area contributed by atoms with Gasteiger partial charge in [0.1, 0.15) is 0 Å². The first-order valence-electron chi connectivity index (χ1n) is 9.10. The Bertz CT molecular complexity index is 1100. The quantitative estimate of drug-likeness (QED) is 0.389. The van der Waals surface area contributed by atoms with E-state index in [1.165, 1.54) is 18.4 Å². The number of aromatic nitrogens is 1. The van der Waals surface area contributed by atoms with E-state index < -0.39 is 0 Å². The first-order valence-corrected chi connectivity index (χ1v) is 12.3. The average molecular weight is 447 g/mol. The molecule has 0 saturated heterocycles. The molecule has 5 nitrogen and oxygen atoms in total. The van der Waals surface area contributed by atoms with Gasteiger partial charge >= 0.3 is 5.97 Å². The number of aryl methyl sites for hydroxylation is 1. The number of amides is 1. The van der Waals surface area contributed by atoms with E-state index in [-0.39, 0.29) is 11.9 Å². The van der Waals surface area contributed by atoms with Gasteiger partial charge in [-0.2, -0.15) is 16.8 Å². The number of ether oxygens (including phenoxy) is 1. The molecule has 1 aromatic heterocycles. The summed E-state index contributed by atoms with van der Waals surface area (Å²) < 4.78 is 7.76. The van der Waals surface area contributed by atoms with Crippen LogP contribution in [0, 0.1) is 0 Å². The van der Waals surface area contributed by atoms with Crippen LogP contribution in [0.15, 0.2) is 52.4 Å². The molecule has 3 aromatic rings. The van der Waals surface area contributed by atoms with Crippen molar-refractivity contribution in [3.63, 3.8) is 0 Å². The van der Waals surface area contributed by atoms with Gasteiger partial charge in [0.15, 0.2) is 4.80 Å². The van der Waals surface area contributed by atoms with Gasteiger partial charge in [-0.3, -0.25) is 4.79 Å². The minimum Gasteiger partial charge on any atom is -0.465 e. The number of carbonyl (C=O) groups excluding carboxylic acids is 2. The van der Waals surface area contributed by atoms with Crippen molar-refractivity contribution in [3.8, 4) is 0 Å². The Balaban J connectivity index is 2.07. The predicted octanol–water partition coefficient (Wildman–Crippen LogP) is 4.71. The van der Waals surface area contributed by atoms with E-state index in [0.717, 1.165) is 33.2 Å². The van der Waals surface area contributed by atoms with Gasteiger partial charge in [-0.15, -0.1) is 11.8 Å². The van der Waals surface area contributed by atoms with Gasteiger partial charge in [-0.25, -0.2) is 4.79 Å². The zero-order valence-corrected chi connectivity index (χ0v) is 19.0. The van der Waals surface area contributed by atoms with Crippen LogP contribution in [-0.4, -0.2) is 41.3 Å². The Morgan fingerprint density at radius 2 is 2.00 bits per heavy atom. The lowest BCUT2D eigenvalue weighted by molar-refractivity contribution is 0.0601. The summed E-state index contributed by atoms with van der Waals surface area (Å²) >= 11 is 4.83. The molecule has 1 heterocycles. The summed E-state index contributed by atoms with van der Waals surface area (Å²) in [6.45, 7) is 2.81. The minimum atomic E-state index is -0.379. The highest BCUT2D eigenvalue weighted by molar-refractivity contribution is 7.99. The number of carbonyl (C=O) groups is 2. The second kappa shape index (κ2) is 10.1. The molecule has 2 aromatic carbocycles. The van der Waals surface area contributed by atoms with Crippen LogP contribution in [0.2, 0.25) is 0 Å². The highest BCUT2D eigenvalue weighted by atomic mass is 32.2. The van der Waals surface area contributed by atoms with E-state index in [1.807, 2.05) is 35.1 Å². The number of methoxy groups -OCH3 is 1. The third-order valence-corrected chi connectivity index (χ3v) is 6.72. The molecular formula is C21H22N2O3S3. The van der Waals surface area contributed by atoms with Crippen molar-refractivity contribution in [1.29, 1.82) is 0 Å². The Morgan fingerprint density at radius 1 is 1.17 bits per heavy atom. The number of hydrogen-bond acceptors (Lipinski definition) is 6. The Kier molecular flexibility index (Phi) is 7.57. The van der Waals surface area contributed by atoms with Crippen molar-refractivity contribution in [2.24, 2.45) is 4.99 Å². The second-order valence-corrected chi connectivity index (χ2v) is 9.41. The third kappa shape index (κ3) is 5.12. The van der Waals surface area contributed by atoms with E-state index in [9.17, 15) is 9.59 Å². The first kappa shape index (κ1) is 21.7. The van der Waals surface area contributed by atoms with E-state index in [0.29, 0.717) is 15.9 Å². The van der Waals surface area contributed by atoms with Crippen LogP contribution in [0.5, 0.6) is 0 Å². The van der Waals surface area contributed by atoms with Crippen LogP contribution in [0.4, 0.5) is 0 Å². The SMILES string of the molecule is CCSc1cccc(C(=O)N=c2sc3cc(C(=O)OC)ccc3n2CCSC)c1. The van der Waals surface area contributed by atoms with Crippen LogP contribution in [0.1, 0.15) is 27.6 Å². The third-order valence-electron chi connectivity index (χ3n) is 4.21. The predicted molar refractivity (Wildman–Crippen MR) is 122 cm³/mol. The van der Waals surface area contributed by atoms with Crippen molar-refractivity contribution < 1.29 is 14.3 Å². The highest BCUT2D eigenvalue weighted by Gasteiger charge is 2.13. The monoisotopic (exact) mass is 446 g/mol. The van der Waals surface area contributed by atoms with Gasteiger partial charge < -0.3 is 9.30 Å². The highest BCUT2D eigenvalue weighted by Crippen LogP contribution is 2.21. The number of fused-ring (bicyclic) bond motifs is 1. The minimum absolute atomic E-state index is 0.263. The van der Waals surface area contributed by atoms with Gasteiger partial charge in [0, 0.05) is 22.8 Å². The number of esters is 1. The second-order valence-electron chi connectivity index (χ2n) is 6.08. The summed E-state index contributed by atoms with van der Waals surface area (Å²) in [5.41, 5.74) is 2.02. The topological polar surface area (TPSA) is 60.7 Å². The summed E-state index contributed by atoms with van der Waals surface area (Å²) in [4.78, 5) is 30.8. The van der Waals surface area contributed by atoms with Crippen molar-refractivity contribution in [2.45, 2.75) is 18.4 Å². The van der Waals surface area contributed by atoms with Crippen molar-refractivity contribution in [2.75, 3.05) is 24.9 Å². The van der Waals surface area contributed by atoms with Gasteiger partial charge in [0.05, 0.1) is 22.9 Å². The molecule has 29 heavy (non-hydrogen) atoms. The Morgan fingerprint density at radius 3 is 2.72 bits per heavy atom. The van der Waals surface area contributed by atoms with Crippen LogP contribution < -0.4 is 4.80 Å². The number of hydrogen-bond donors (Lipinski definition) is 0. The lowest BCUT2D eigenvalue weighted by Gasteiger charge is -2.05. The molecule has 0 radical (unpaired) electrons. The van der Waals surface area contributed by atoms with Crippen LogP contribution >= 0.6 is 34.9 Å². The zero-order valence-electron chi connectivity index (χ0n) is 16.5. The molecule has 0 aliphatic rings. The number of thioether (sulfide) groups is 2. The normalized spacial score (nSPS) is 11.8. The molecule has 0 bridgehead atoms. The van der Waals surface area contributed by atoms with E-state index in [1.54, 1.807) is 41.7 Å². The van der Waals surface area contributed by atoms with E-state index in [4.69, 9.17) is 4.74 Å². The zero-order chi connectivity index (χ0) is 20.8. The van der Waals surface area contributed by atoms with E-state index >= 15 is 0 Å². The molecule has 0 N–H and O–H groups in total. The average Bonchev–Trinajstić information content (AvgIpc) is 3.08. The maximum atomic E-state index is 12.8. The molecule has 0 spiro atoms. The van der Waals surface area contributed by atoms with Crippen LogP contribution in [-0.2, 0) is 11.3 Å². The van der Waals surface area contributed by atoms with Gasteiger partial charge in [0.2, 0.25) is 0 Å². The number of benzene rings is 2. The summed E-state index contributed by atoms with van der Waals surface area (Å²) in [7, 11) is 1.37. The Labute approximate surface area is 182 Å². The largest absolute Gasteiger partial charge is 0.465 e. The summed E-state index contributed by atoms with van der Waals surface area (Å²) in [6.07, 6.45) is 2.04. The van der Waals surface area contributed by atoms with Crippen molar-refractivity contribution >= 4 is 57.0 Å². The molecule has 0 saturated carbocycles. The fourth-order valence-corrected chi connectivity index (χ4v) is 5.02. The Hall–Kier alpha value is -2.03. The standard InChI is InChI=1S/C21H22N2O3S3/c1-4-28-16-7-5-6-14(12-16)19(24)22-21-23(10-11-27-3)17-9-8-15(20(25)26-2)13-18(17)29-21/h5-9,12-13H,4,10-11H2,1-3H3. The molecule has 0 atom stereocenters. The number of rotatable bonds is 7. The molecule has 0 unspecified atom stereocenters. The summed E-state index contributed by atoms with van der Waals surface area (Å²) in [5, 5.41) is 0. The molecule has 0 aliphatic carbocycles. The summed E-state index contributed by atoms with van der Waals surface area (Å²) in [6, 6.07) is 13.0. The van der Waals surface area contributed by atoms with Gasteiger partial charge in [-0.1, -0.05) is 24.3 Å². The fourth-order valence-electron chi connectivity index (χ4n) is 2.84. The molecule has 152 valence electrons. The molecule has 8 heteroatoms. The smallest absolute Gasteiger partial charge is 0.337 e. The molecule has 0 fully saturated rings. The number of thiazole rings is 1. The molecule has 3 rings (SSSR count). The molecule has 1 amide bonds. The van der Waals surface area contributed by atoms with Gasteiger partial charge in [-0.05, 0) is 48.4 Å². The van der Waals surface area contributed by atoms with E-state index in [2.05, 4.69) is 11.9 Å². The summed E-state index contributed by atoms with van der Waals surface area (Å²) in [5.74, 6) is 1.20. The maximum Gasteiger partial charge on any atom is 0.337 e. The first-order chi connectivity index (χ1) is 14.1. The van der Waals surface area contributed by atoms with Crippen LogP contribution in [0.3, 0.4) is 0 Å². The fraction of sp³-hybridized carbons (Fsp3) is 0.286. The number of nitrogens with zero attached hydrogens (tertiary/aromatic N) is 2. The lowest BCUT2D eigenvalue weighted by Crippen LogP contribution is -2.18. The van der Waals surface area contributed by atoms with Crippen molar-refractivity contribution in [1.82, 2.24) is 4.57 Å².